The van der Waals surface area contributed by atoms with Crippen LogP contribution in [0.15, 0.2) is 66.7 Å². The van der Waals surface area contributed by atoms with E-state index in [4.69, 9.17) is 0 Å². The molecule has 1 saturated carbocycles. The Bertz CT molecular complexity index is 1400. The molecule has 40 heavy (non-hydrogen) atoms. The molecule has 1 aliphatic carbocycles. The standard InChI is InChI=1S/C33H34F2N2O3/c1-40-33(39)31-27(6-5-7-29(31)34)25-14-15-26(30(35)19-25)20-36-32(38)28-18-24(28)13-12-22-8-10-23(11-9-22)21-37-16-3-2-4-17-37/h5-15,19,24,28H,2-4,16-18,20-21H2,1H3,(H,36,38)/t24-,28-/m1/s1. The lowest BCUT2D eigenvalue weighted by atomic mass is 9.98. The van der Waals surface area contributed by atoms with Crippen molar-refractivity contribution in [2.45, 2.75) is 38.8 Å². The number of amides is 1. The number of esters is 1. The summed E-state index contributed by atoms with van der Waals surface area (Å²) in [6, 6.07) is 17.1. The number of rotatable bonds is 9. The van der Waals surface area contributed by atoms with Crippen LogP contribution in [0.3, 0.4) is 0 Å². The maximum absolute atomic E-state index is 14.9. The van der Waals surface area contributed by atoms with Crippen LogP contribution in [-0.4, -0.2) is 37.0 Å². The zero-order valence-electron chi connectivity index (χ0n) is 22.7. The number of likely N-dealkylation sites (tertiary alicyclic amines) is 1. The number of ether oxygens (including phenoxy) is 1. The molecule has 0 radical (unpaired) electrons. The van der Waals surface area contributed by atoms with Gasteiger partial charge >= 0.3 is 5.97 Å². The Labute approximate surface area is 233 Å². The van der Waals surface area contributed by atoms with Crippen LogP contribution in [0.5, 0.6) is 0 Å². The highest BCUT2D eigenvalue weighted by Crippen LogP contribution is 2.40. The zero-order valence-corrected chi connectivity index (χ0v) is 22.7. The highest BCUT2D eigenvalue weighted by atomic mass is 19.1. The molecule has 2 atom stereocenters. The molecule has 2 fully saturated rings. The predicted octanol–water partition coefficient (Wildman–Crippen LogP) is 6.37. The molecule has 7 heteroatoms. The number of piperidine rings is 1. The quantitative estimate of drug-likeness (QED) is 0.318. The molecule has 0 aromatic heterocycles. The molecule has 0 spiro atoms. The molecule has 2 aliphatic rings. The van der Waals surface area contributed by atoms with Crippen molar-refractivity contribution in [3.8, 4) is 11.1 Å². The Morgan fingerprint density at radius 2 is 1.77 bits per heavy atom. The van der Waals surface area contributed by atoms with Gasteiger partial charge in [0, 0.05) is 24.6 Å². The summed E-state index contributed by atoms with van der Waals surface area (Å²) in [6.45, 7) is 3.40. The van der Waals surface area contributed by atoms with Gasteiger partial charge in [0.2, 0.25) is 5.91 Å². The van der Waals surface area contributed by atoms with Crippen LogP contribution < -0.4 is 5.32 Å². The highest BCUT2D eigenvalue weighted by Gasteiger charge is 2.40. The molecule has 1 amide bonds. The van der Waals surface area contributed by atoms with Gasteiger partial charge in [-0.3, -0.25) is 9.69 Å². The lowest BCUT2D eigenvalue weighted by molar-refractivity contribution is -0.122. The van der Waals surface area contributed by atoms with E-state index in [2.05, 4.69) is 51.4 Å². The number of nitrogens with one attached hydrogen (secondary N) is 1. The van der Waals surface area contributed by atoms with E-state index in [0.29, 0.717) is 11.1 Å². The minimum Gasteiger partial charge on any atom is -0.465 e. The van der Waals surface area contributed by atoms with Crippen LogP contribution in [0.4, 0.5) is 8.78 Å². The summed E-state index contributed by atoms with van der Waals surface area (Å²) < 4.78 is 33.8. The number of allylic oxidation sites excluding steroid dienone is 1. The molecule has 0 unspecified atom stereocenters. The molecular formula is C33H34F2N2O3. The summed E-state index contributed by atoms with van der Waals surface area (Å²) in [5.74, 6) is -2.17. The van der Waals surface area contributed by atoms with E-state index >= 15 is 0 Å². The van der Waals surface area contributed by atoms with Gasteiger partial charge in [-0.1, -0.05) is 67.1 Å². The fraction of sp³-hybridized carbons (Fsp3) is 0.333. The maximum Gasteiger partial charge on any atom is 0.341 e. The van der Waals surface area contributed by atoms with E-state index in [9.17, 15) is 18.4 Å². The fourth-order valence-corrected chi connectivity index (χ4v) is 5.32. The Kier molecular flexibility index (Phi) is 8.70. The van der Waals surface area contributed by atoms with Gasteiger partial charge in [-0.05, 0) is 72.7 Å². The van der Waals surface area contributed by atoms with E-state index < -0.39 is 17.6 Å². The summed E-state index contributed by atoms with van der Waals surface area (Å²) in [5, 5.41) is 2.83. The van der Waals surface area contributed by atoms with E-state index in [1.165, 1.54) is 69.3 Å². The Hall–Kier alpha value is -3.84. The second-order valence-corrected chi connectivity index (χ2v) is 10.6. The number of nitrogens with zero attached hydrogens (tertiary/aromatic N) is 1. The third-order valence-corrected chi connectivity index (χ3v) is 7.77. The Morgan fingerprint density at radius 1 is 1.00 bits per heavy atom. The molecule has 1 aliphatic heterocycles. The van der Waals surface area contributed by atoms with Gasteiger partial charge in [0.25, 0.3) is 0 Å². The maximum atomic E-state index is 14.9. The van der Waals surface area contributed by atoms with Crippen molar-refractivity contribution in [1.82, 2.24) is 10.2 Å². The number of halogens is 2. The molecule has 1 heterocycles. The highest BCUT2D eigenvalue weighted by molar-refractivity contribution is 5.97. The average Bonchev–Trinajstić information content (AvgIpc) is 3.76. The Balaban J connectivity index is 1.13. The van der Waals surface area contributed by atoms with Crippen LogP contribution in [0.25, 0.3) is 17.2 Å². The number of carbonyl (C=O) groups is 2. The van der Waals surface area contributed by atoms with Crippen molar-refractivity contribution < 1.29 is 23.1 Å². The summed E-state index contributed by atoms with van der Waals surface area (Å²) in [6.07, 6.45) is 8.82. The minimum absolute atomic E-state index is 0.0450. The van der Waals surface area contributed by atoms with Crippen molar-refractivity contribution in [3.05, 3.63) is 101 Å². The second-order valence-electron chi connectivity index (χ2n) is 10.6. The predicted molar refractivity (Wildman–Crippen MR) is 151 cm³/mol. The van der Waals surface area contributed by atoms with Crippen LogP contribution in [0.2, 0.25) is 0 Å². The Morgan fingerprint density at radius 3 is 2.50 bits per heavy atom. The first-order valence-electron chi connectivity index (χ1n) is 13.9. The molecule has 1 N–H and O–H groups in total. The summed E-state index contributed by atoms with van der Waals surface area (Å²) in [5.41, 5.74) is 3.09. The second kappa shape index (κ2) is 12.6. The average molecular weight is 545 g/mol. The van der Waals surface area contributed by atoms with Crippen LogP contribution >= 0.6 is 0 Å². The zero-order chi connectivity index (χ0) is 28.1. The monoisotopic (exact) mass is 544 g/mol. The summed E-state index contributed by atoms with van der Waals surface area (Å²) >= 11 is 0. The lowest BCUT2D eigenvalue weighted by Gasteiger charge is -2.26. The smallest absolute Gasteiger partial charge is 0.341 e. The normalized spacial score (nSPS) is 19.0. The van der Waals surface area contributed by atoms with E-state index in [1.54, 1.807) is 6.07 Å². The summed E-state index contributed by atoms with van der Waals surface area (Å²) in [7, 11) is 1.17. The largest absolute Gasteiger partial charge is 0.465 e. The van der Waals surface area contributed by atoms with Gasteiger partial charge in [0.1, 0.15) is 17.2 Å². The van der Waals surface area contributed by atoms with Crippen molar-refractivity contribution in [1.29, 1.82) is 0 Å². The molecule has 3 aromatic rings. The van der Waals surface area contributed by atoms with Gasteiger partial charge in [-0.2, -0.15) is 0 Å². The molecule has 0 bridgehead atoms. The number of benzene rings is 3. The van der Waals surface area contributed by atoms with Gasteiger partial charge in [-0.25, -0.2) is 13.6 Å². The van der Waals surface area contributed by atoms with Gasteiger partial charge in [-0.15, -0.1) is 0 Å². The van der Waals surface area contributed by atoms with Crippen molar-refractivity contribution in [2.75, 3.05) is 20.2 Å². The molecule has 5 nitrogen and oxygen atoms in total. The first kappa shape index (κ1) is 27.7. The molecular weight excluding hydrogens is 510 g/mol. The van der Waals surface area contributed by atoms with Crippen LogP contribution in [-0.2, 0) is 22.6 Å². The fourth-order valence-electron chi connectivity index (χ4n) is 5.32. The van der Waals surface area contributed by atoms with Gasteiger partial charge in [0.15, 0.2) is 0 Å². The van der Waals surface area contributed by atoms with Gasteiger partial charge in [0.05, 0.1) is 7.11 Å². The van der Waals surface area contributed by atoms with Crippen LogP contribution in [0.1, 0.15) is 52.7 Å². The number of hydrogen-bond donors (Lipinski definition) is 1. The number of carbonyl (C=O) groups excluding carboxylic acids is 2. The van der Waals surface area contributed by atoms with Crippen molar-refractivity contribution in [3.63, 3.8) is 0 Å². The van der Waals surface area contributed by atoms with Crippen molar-refractivity contribution >= 4 is 18.0 Å². The SMILES string of the molecule is COC(=O)c1c(F)cccc1-c1ccc(CNC(=O)[C@@H]2C[C@H]2C=Cc2ccc(CN3CCCCC3)cc2)c(F)c1. The minimum atomic E-state index is -0.831. The topological polar surface area (TPSA) is 58.6 Å². The van der Waals surface area contributed by atoms with E-state index in [-0.39, 0.29) is 35.4 Å². The molecule has 3 aromatic carbocycles. The first-order valence-corrected chi connectivity index (χ1v) is 13.9. The van der Waals surface area contributed by atoms with E-state index in [1.807, 2.05) is 0 Å². The number of methoxy groups -OCH3 is 1. The third kappa shape index (κ3) is 6.65. The molecule has 208 valence electrons. The third-order valence-electron chi connectivity index (χ3n) is 7.77. The first-order chi connectivity index (χ1) is 19.4. The van der Waals surface area contributed by atoms with Crippen LogP contribution in [0, 0.1) is 23.5 Å². The van der Waals surface area contributed by atoms with Crippen molar-refractivity contribution in [2.24, 2.45) is 11.8 Å². The van der Waals surface area contributed by atoms with E-state index in [0.717, 1.165) is 24.6 Å². The molecule has 5 rings (SSSR count). The number of hydrogen-bond acceptors (Lipinski definition) is 4. The molecule has 1 saturated heterocycles. The summed E-state index contributed by atoms with van der Waals surface area (Å²) in [4.78, 5) is 27.2. The lowest BCUT2D eigenvalue weighted by Crippen LogP contribution is -2.28. The van der Waals surface area contributed by atoms with Gasteiger partial charge < -0.3 is 10.1 Å².